The fourth-order valence-electron chi connectivity index (χ4n) is 2.22. The summed E-state index contributed by atoms with van der Waals surface area (Å²) in [5, 5.41) is 11.6. The molecule has 1 aliphatic rings. The molecule has 6 nitrogen and oxygen atoms in total. The molecule has 1 heterocycles. The summed E-state index contributed by atoms with van der Waals surface area (Å²) in [7, 11) is -3.80. The molecule has 0 saturated heterocycles. The van der Waals surface area contributed by atoms with Gasteiger partial charge in [-0.25, -0.2) is 13.1 Å². The molecule has 8 heteroatoms. The number of rotatable bonds is 6. The zero-order valence-corrected chi connectivity index (χ0v) is 13.1. The summed E-state index contributed by atoms with van der Waals surface area (Å²) in [5.41, 5.74) is 1.16. The van der Waals surface area contributed by atoms with Crippen LogP contribution in [0.3, 0.4) is 0 Å². The monoisotopic (exact) mass is 332 g/mol. The molecule has 1 atom stereocenters. The number of aliphatic hydroxyl groups excluding tert-OH is 1. The molecule has 1 amide bonds. The number of anilines is 1. The van der Waals surface area contributed by atoms with Crippen molar-refractivity contribution in [3.63, 3.8) is 0 Å². The molecule has 1 aliphatic heterocycles. The number of aliphatic hydroxyl groups is 1. The van der Waals surface area contributed by atoms with Crippen LogP contribution in [-0.2, 0) is 21.2 Å². The number of benzene rings is 1. The molecule has 21 heavy (non-hydrogen) atoms. The predicted molar refractivity (Wildman–Crippen MR) is 79.9 cm³/mol. The average molecular weight is 333 g/mol. The number of nitrogens with one attached hydrogen (secondary N) is 2. The second-order valence-electron chi connectivity index (χ2n) is 4.90. The van der Waals surface area contributed by atoms with Crippen molar-refractivity contribution >= 4 is 33.2 Å². The van der Waals surface area contributed by atoms with Gasteiger partial charge in [-0.2, -0.15) is 0 Å². The number of fused-ring (bicyclic) bond motifs is 1. The van der Waals surface area contributed by atoms with Crippen molar-refractivity contribution in [2.75, 3.05) is 11.9 Å². The summed E-state index contributed by atoms with van der Waals surface area (Å²) >= 11 is 6.02. The minimum Gasteiger partial charge on any atom is -0.396 e. The van der Waals surface area contributed by atoms with Gasteiger partial charge in [0.05, 0.1) is 11.4 Å². The van der Waals surface area contributed by atoms with Gasteiger partial charge in [-0.05, 0) is 30.5 Å². The predicted octanol–water partition coefficient (Wildman–Crippen LogP) is 1.27. The highest BCUT2D eigenvalue weighted by Crippen LogP contribution is 2.32. The third-order valence-corrected chi connectivity index (χ3v) is 5.35. The van der Waals surface area contributed by atoms with E-state index in [1.54, 1.807) is 0 Å². The Bertz CT molecular complexity index is 660. The van der Waals surface area contributed by atoms with Crippen molar-refractivity contribution in [3.8, 4) is 0 Å². The van der Waals surface area contributed by atoms with Crippen LogP contribution in [0.25, 0.3) is 0 Å². The Labute approximate surface area is 128 Å². The zero-order chi connectivity index (χ0) is 15.6. The Kier molecular flexibility index (Phi) is 4.88. The first kappa shape index (κ1) is 16.2. The normalized spacial score (nSPS) is 15.7. The van der Waals surface area contributed by atoms with Gasteiger partial charge < -0.3 is 10.4 Å². The number of hydrogen-bond acceptors (Lipinski definition) is 4. The van der Waals surface area contributed by atoms with E-state index in [2.05, 4.69) is 10.0 Å². The van der Waals surface area contributed by atoms with Crippen molar-refractivity contribution in [1.29, 1.82) is 0 Å². The summed E-state index contributed by atoms with van der Waals surface area (Å²) < 4.78 is 27.3. The molecule has 0 fully saturated rings. The van der Waals surface area contributed by atoms with Crippen LogP contribution >= 0.6 is 11.6 Å². The molecule has 3 N–H and O–H groups in total. The summed E-state index contributed by atoms with van der Waals surface area (Å²) in [5.74, 6) is -0.185. The van der Waals surface area contributed by atoms with E-state index >= 15 is 0 Å². The van der Waals surface area contributed by atoms with Crippen molar-refractivity contribution in [3.05, 3.63) is 22.7 Å². The maximum atomic E-state index is 12.4. The summed E-state index contributed by atoms with van der Waals surface area (Å²) in [6.07, 6.45) is 1.03. The molecule has 1 unspecified atom stereocenters. The fourth-order valence-corrected chi connectivity index (χ4v) is 4.15. The second kappa shape index (κ2) is 6.31. The topological polar surface area (TPSA) is 95.5 Å². The van der Waals surface area contributed by atoms with Gasteiger partial charge in [-0.1, -0.05) is 18.5 Å². The molecule has 0 radical (unpaired) electrons. The van der Waals surface area contributed by atoms with Gasteiger partial charge in [0.25, 0.3) is 0 Å². The molecule has 1 aromatic rings. The molecule has 1 aromatic carbocycles. The standard InChI is InChI=1S/C13H17ClN2O4S/c1-2-9(3-4-17)16-21(19,20)12-5-8-6-13(18)15-11(8)7-10(12)14/h5,7,9,16-17H,2-4,6H2,1H3,(H,15,18). The lowest BCUT2D eigenvalue weighted by molar-refractivity contribution is -0.115. The van der Waals surface area contributed by atoms with Crippen molar-refractivity contribution in [1.82, 2.24) is 4.72 Å². The molecule has 2 rings (SSSR count). The smallest absolute Gasteiger partial charge is 0.242 e. The maximum absolute atomic E-state index is 12.4. The van der Waals surface area contributed by atoms with E-state index in [1.807, 2.05) is 6.92 Å². The summed E-state index contributed by atoms with van der Waals surface area (Å²) in [6.45, 7) is 1.73. The molecular formula is C13H17ClN2O4S. The lowest BCUT2D eigenvalue weighted by atomic mass is 10.2. The number of hydrogen-bond donors (Lipinski definition) is 3. The van der Waals surface area contributed by atoms with Crippen LogP contribution in [0.15, 0.2) is 17.0 Å². The van der Waals surface area contributed by atoms with Crippen molar-refractivity contribution < 1.29 is 18.3 Å². The van der Waals surface area contributed by atoms with Crippen LogP contribution in [0.4, 0.5) is 5.69 Å². The van der Waals surface area contributed by atoms with E-state index in [-0.39, 0.29) is 34.9 Å². The zero-order valence-electron chi connectivity index (χ0n) is 11.5. The van der Waals surface area contributed by atoms with E-state index in [1.165, 1.54) is 12.1 Å². The van der Waals surface area contributed by atoms with Gasteiger partial charge in [-0.15, -0.1) is 0 Å². The van der Waals surface area contributed by atoms with E-state index in [9.17, 15) is 13.2 Å². The van der Waals surface area contributed by atoms with Crippen molar-refractivity contribution in [2.45, 2.75) is 37.1 Å². The first-order valence-corrected chi connectivity index (χ1v) is 8.49. The average Bonchev–Trinajstić information content (AvgIpc) is 2.76. The molecule has 116 valence electrons. The molecular weight excluding hydrogens is 316 g/mol. The van der Waals surface area contributed by atoms with Crippen LogP contribution in [-0.4, -0.2) is 32.1 Å². The number of halogens is 1. The molecule has 0 bridgehead atoms. The summed E-state index contributed by atoms with van der Waals surface area (Å²) in [6, 6.07) is 2.51. The van der Waals surface area contributed by atoms with Crippen LogP contribution in [0, 0.1) is 0 Å². The quantitative estimate of drug-likeness (QED) is 0.731. The second-order valence-corrected chi connectivity index (χ2v) is 6.99. The molecule has 0 aliphatic carbocycles. The Morgan fingerprint density at radius 3 is 2.81 bits per heavy atom. The van der Waals surface area contributed by atoms with Gasteiger partial charge >= 0.3 is 0 Å². The fraction of sp³-hybridized carbons (Fsp3) is 0.462. The van der Waals surface area contributed by atoms with Crippen molar-refractivity contribution in [2.24, 2.45) is 0 Å². The Morgan fingerprint density at radius 2 is 2.19 bits per heavy atom. The lowest BCUT2D eigenvalue weighted by Crippen LogP contribution is -2.35. The number of sulfonamides is 1. The van der Waals surface area contributed by atoms with Gasteiger partial charge in [0.2, 0.25) is 15.9 Å². The minimum atomic E-state index is -3.80. The van der Waals surface area contributed by atoms with E-state index in [0.29, 0.717) is 24.1 Å². The van der Waals surface area contributed by atoms with Gasteiger partial charge in [-0.3, -0.25) is 4.79 Å². The lowest BCUT2D eigenvalue weighted by Gasteiger charge is -2.17. The van der Waals surface area contributed by atoms with Crippen LogP contribution < -0.4 is 10.0 Å². The maximum Gasteiger partial charge on any atom is 0.242 e. The number of carbonyl (C=O) groups is 1. The largest absolute Gasteiger partial charge is 0.396 e. The number of carbonyl (C=O) groups excluding carboxylic acids is 1. The summed E-state index contributed by atoms with van der Waals surface area (Å²) in [4.78, 5) is 11.3. The first-order chi connectivity index (χ1) is 9.87. The van der Waals surface area contributed by atoms with Crippen LogP contribution in [0.5, 0.6) is 0 Å². The number of amides is 1. The van der Waals surface area contributed by atoms with Crippen LogP contribution in [0.2, 0.25) is 5.02 Å². The molecule has 0 spiro atoms. The first-order valence-electron chi connectivity index (χ1n) is 6.63. The highest BCUT2D eigenvalue weighted by molar-refractivity contribution is 7.89. The molecule has 0 saturated carbocycles. The third-order valence-electron chi connectivity index (χ3n) is 3.36. The van der Waals surface area contributed by atoms with Crippen LogP contribution in [0.1, 0.15) is 25.3 Å². The minimum absolute atomic E-state index is 0.0455. The molecule has 0 aromatic heterocycles. The Balaban J connectivity index is 2.33. The van der Waals surface area contributed by atoms with E-state index in [4.69, 9.17) is 16.7 Å². The highest BCUT2D eigenvalue weighted by Gasteiger charge is 2.26. The Morgan fingerprint density at radius 1 is 1.48 bits per heavy atom. The van der Waals surface area contributed by atoms with Gasteiger partial charge in [0.1, 0.15) is 4.90 Å². The van der Waals surface area contributed by atoms with Gasteiger partial charge in [0.15, 0.2) is 0 Å². The SMILES string of the molecule is CCC(CCO)NS(=O)(=O)c1cc2c(cc1Cl)NC(=O)C2. The third kappa shape index (κ3) is 3.55. The Hall–Kier alpha value is -1.15. The van der Waals surface area contributed by atoms with Gasteiger partial charge in [0, 0.05) is 18.3 Å². The van der Waals surface area contributed by atoms with E-state index < -0.39 is 10.0 Å². The highest BCUT2D eigenvalue weighted by atomic mass is 35.5. The van der Waals surface area contributed by atoms with E-state index in [0.717, 1.165) is 0 Å².